The van der Waals surface area contributed by atoms with Gasteiger partial charge in [-0.25, -0.2) is 4.98 Å². The lowest BCUT2D eigenvalue weighted by molar-refractivity contribution is 0.0728. The molecule has 7 heteroatoms. The summed E-state index contributed by atoms with van der Waals surface area (Å²) in [6, 6.07) is 12.0. The van der Waals surface area contributed by atoms with Crippen LogP contribution in [0, 0.1) is 13.8 Å². The Labute approximate surface area is 180 Å². The second kappa shape index (κ2) is 7.83. The average molecular weight is 412 g/mol. The zero-order valence-corrected chi connectivity index (χ0v) is 17.6. The minimum Gasteiger partial charge on any atom is -0.351 e. The highest BCUT2D eigenvalue weighted by Crippen LogP contribution is 2.34. The maximum atomic E-state index is 13.4. The third kappa shape index (κ3) is 3.74. The van der Waals surface area contributed by atoms with Crippen molar-refractivity contribution >= 4 is 28.3 Å². The smallest absolute Gasteiger partial charge is 0.270 e. The van der Waals surface area contributed by atoms with E-state index in [-0.39, 0.29) is 11.9 Å². The SMILES string of the molecule is Cc1cc(Nc2cnccn2)cc([C@@H]2CCCN2C(=O)c2cc3c(C)cccc3[nH]2)n1. The summed E-state index contributed by atoms with van der Waals surface area (Å²) in [6.45, 7) is 4.75. The molecule has 5 rings (SSSR count). The van der Waals surface area contributed by atoms with Crippen LogP contribution in [0.2, 0.25) is 0 Å². The summed E-state index contributed by atoms with van der Waals surface area (Å²) in [5.41, 5.74) is 5.45. The molecule has 1 aromatic carbocycles. The van der Waals surface area contributed by atoms with E-state index in [1.165, 1.54) is 0 Å². The molecule has 3 aromatic heterocycles. The fourth-order valence-corrected chi connectivity index (χ4v) is 4.34. The van der Waals surface area contributed by atoms with Gasteiger partial charge >= 0.3 is 0 Å². The summed E-state index contributed by atoms with van der Waals surface area (Å²) in [5.74, 6) is 0.691. The summed E-state index contributed by atoms with van der Waals surface area (Å²) in [4.78, 5) is 31.8. The maximum Gasteiger partial charge on any atom is 0.270 e. The minimum atomic E-state index is -0.0534. The molecule has 1 atom stereocenters. The summed E-state index contributed by atoms with van der Waals surface area (Å²) in [5, 5.41) is 4.37. The van der Waals surface area contributed by atoms with Gasteiger partial charge in [0.25, 0.3) is 5.91 Å². The monoisotopic (exact) mass is 412 g/mol. The number of fused-ring (bicyclic) bond motifs is 1. The molecule has 0 aliphatic carbocycles. The number of aromatic amines is 1. The van der Waals surface area contributed by atoms with Gasteiger partial charge in [0.1, 0.15) is 11.5 Å². The number of nitrogens with one attached hydrogen (secondary N) is 2. The van der Waals surface area contributed by atoms with E-state index in [1.54, 1.807) is 18.6 Å². The van der Waals surface area contributed by atoms with Crippen LogP contribution < -0.4 is 5.32 Å². The van der Waals surface area contributed by atoms with E-state index >= 15 is 0 Å². The Morgan fingerprint density at radius 2 is 2.10 bits per heavy atom. The first-order chi connectivity index (χ1) is 15.1. The largest absolute Gasteiger partial charge is 0.351 e. The number of anilines is 2. The van der Waals surface area contributed by atoms with Crippen LogP contribution in [0.3, 0.4) is 0 Å². The van der Waals surface area contributed by atoms with E-state index in [0.29, 0.717) is 11.5 Å². The molecular weight excluding hydrogens is 388 g/mol. The number of hydrogen-bond donors (Lipinski definition) is 2. The van der Waals surface area contributed by atoms with Crippen LogP contribution in [0.15, 0.2) is 55.0 Å². The van der Waals surface area contributed by atoms with E-state index in [9.17, 15) is 4.79 Å². The molecule has 7 nitrogen and oxygen atoms in total. The molecular formula is C24H24N6O. The Morgan fingerprint density at radius 1 is 1.19 bits per heavy atom. The number of nitrogens with zero attached hydrogens (tertiary/aromatic N) is 4. The first kappa shape index (κ1) is 19.2. The van der Waals surface area contributed by atoms with Gasteiger partial charge in [-0.15, -0.1) is 0 Å². The topological polar surface area (TPSA) is 86.8 Å². The van der Waals surface area contributed by atoms with Crippen LogP contribution in [-0.2, 0) is 0 Å². The third-order valence-corrected chi connectivity index (χ3v) is 5.78. The first-order valence-corrected chi connectivity index (χ1v) is 10.5. The predicted molar refractivity (Wildman–Crippen MR) is 120 cm³/mol. The van der Waals surface area contributed by atoms with Crippen LogP contribution >= 0.6 is 0 Å². The second-order valence-corrected chi connectivity index (χ2v) is 8.01. The lowest BCUT2D eigenvalue weighted by Gasteiger charge is -2.24. The van der Waals surface area contributed by atoms with Crippen LogP contribution in [0.4, 0.5) is 11.5 Å². The summed E-state index contributed by atoms with van der Waals surface area (Å²) < 4.78 is 0. The number of amides is 1. The lowest BCUT2D eigenvalue weighted by atomic mass is 10.1. The molecule has 156 valence electrons. The van der Waals surface area contributed by atoms with Crippen molar-refractivity contribution in [3.05, 3.63) is 77.6 Å². The van der Waals surface area contributed by atoms with Gasteiger partial charge in [0, 0.05) is 41.2 Å². The van der Waals surface area contributed by atoms with Gasteiger partial charge < -0.3 is 15.2 Å². The van der Waals surface area contributed by atoms with Crippen LogP contribution in [-0.4, -0.2) is 37.3 Å². The van der Waals surface area contributed by atoms with Gasteiger partial charge in [0.15, 0.2) is 0 Å². The Hall–Kier alpha value is -3.74. The highest BCUT2D eigenvalue weighted by atomic mass is 16.2. The van der Waals surface area contributed by atoms with Crippen LogP contribution in [0.5, 0.6) is 0 Å². The van der Waals surface area contributed by atoms with Gasteiger partial charge in [-0.1, -0.05) is 12.1 Å². The summed E-state index contributed by atoms with van der Waals surface area (Å²) >= 11 is 0. The van der Waals surface area contributed by atoms with Gasteiger partial charge in [-0.2, -0.15) is 0 Å². The lowest BCUT2D eigenvalue weighted by Crippen LogP contribution is -2.31. The maximum absolute atomic E-state index is 13.4. The molecule has 4 aromatic rings. The Morgan fingerprint density at radius 3 is 2.90 bits per heavy atom. The molecule has 1 aliphatic heterocycles. The van der Waals surface area contributed by atoms with Gasteiger partial charge in [-0.05, 0) is 56.5 Å². The number of carbonyl (C=O) groups excluding carboxylic acids is 1. The molecule has 0 radical (unpaired) electrons. The van der Waals surface area contributed by atoms with Crippen molar-refractivity contribution in [2.45, 2.75) is 32.7 Å². The number of carbonyl (C=O) groups is 1. The van der Waals surface area contributed by atoms with Crippen molar-refractivity contribution in [3.8, 4) is 0 Å². The molecule has 1 saturated heterocycles. The van der Waals surface area contributed by atoms with Crippen molar-refractivity contribution in [2.24, 2.45) is 0 Å². The van der Waals surface area contributed by atoms with E-state index in [0.717, 1.165) is 52.9 Å². The van der Waals surface area contributed by atoms with Crippen molar-refractivity contribution in [1.82, 2.24) is 24.8 Å². The second-order valence-electron chi connectivity index (χ2n) is 8.01. The Balaban J connectivity index is 1.44. The van der Waals surface area contributed by atoms with Crippen LogP contribution in [0.25, 0.3) is 10.9 Å². The molecule has 31 heavy (non-hydrogen) atoms. The molecule has 0 bridgehead atoms. The van der Waals surface area contributed by atoms with E-state index in [4.69, 9.17) is 4.98 Å². The number of hydrogen-bond acceptors (Lipinski definition) is 5. The van der Waals surface area contributed by atoms with Crippen molar-refractivity contribution in [3.63, 3.8) is 0 Å². The van der Waals surface area contributed by atoms with Gasteiger partial charge in [0.05, 0.1) is 17.9 Å². The van der Waals surface area contributed by atoms with Crippen molar-refractivity contribution in [2.75, 3.05) is 11.9 Å². The standard InChI is InChI=1S/C24H24N6O/c1-15-5-3-6-19-18(15)13-21(29-19)24(31)30-10-4-7-22(30)20-12-17(11-16(2)27-20)28-23-14-25-8-9-26-23/h3,5-6,8-9,11-14,22,29H,4,7,10H2,1-2H3,(H,26,27,28)/t22-/m0/s1. The molecule has 4 heterocycles. The summed E-state index contributed by atoms with van der Waals surface area (Å²) in [6.07, 6.45) is 6.82. The van der Waals surface area contributed by atoms with E-state index in [2.05, 4.69) is 33.3 Å². The zero-order valence-electron chi connectivity index (χ0n) is 17.6. The number of benzene rings is 1. The average Bonchev–Trinajstić information content (AvgIpc) is 3.42. The van der Waals surface area contributed by atoms with Crippen molar-refractivity contribution < 1.29 is 4.79 Å². The normalized spacial score (nSPS) is 16.1. The Kier molecular flexibility index (Phi) is 4.86. The summed E-state index contributed by atoms with van der Waals surface area (Å²) in [7, 11) is 0. The van der Waals surface area contributed by atoms with E-state index < -0.39 is 0 Å². The molecule has 1 fully saturated rings. The zero-order chi connectivity index (χ0) is 21.4. The van der Waals surface area contributed by atoms with Gasteiger partial charge in [0.2, 0.25) is 0 Å². The number of aryl methyl sites for hydroxylation is 2. The fourth-order valence-electron chi connectivity index (χ4n) is 4.34. The van der Waals surface area contributed by atoms with Gasteiger partial charge in [-0.3, -0.25) is 14.8 Å². The molecule has 0 saturated carbocycles. The minimum absolute atomic E-state index is 0.0184. The number of H-pyrrole nitrogens is 1. The highest BCUT2D eigenvalue weighted by Gasteiger charge is 2.32. The van der Waals surface area contributed by atoms with E-state index in [1.807, 2.05) is 42.2 Å². The predicted octanol–water partition coefficient (Wildman–Crippen LogP) is 4.69. The number of rotatable bonds is 4. The molecule has 0 unspecified atom stereocenters. The fraction of sp³-hybridized carbons (Fsp3) is 0.250. The van der Waals surface area contributed by atoms with Crippen LogP contribution in [0.1, 0.15) is 46.3 Å². The quantitative estimate of drug-likeness (QED) is 0.508. The number of aromatic nitrogens is 4. The molecule has 1 aliphatic rings. The molecule has 0 spiro atoms. The molecule has 2 N–H and O–H groups in total. The number of likely N-dealkylation sites (tertiary alicyclic amines) is 1. The Bertz CT molecular complexity index is 1250. The third-order valence-electron chi connectivity index (χ3n) is 5.78. The molecule has 1 amide bonds. The highest BCUT2D eigenvalue weighted by molar-refractivity contribution is 5.99. The van der Waals surface area contributed by atoms with Crippen molar-refractivity contribution in [1.29, 1.82) is 0 Å². The first-order valence-electron chi connectivity index (χ1n) is 10.5. The number of pyridine rings is 1.